The predicted octanol–water partition coefficient (Wildman–Crippen LogP) is 2.90. The van der Waals surface area contributed by atoms with Crippen LogP contribution in [0.3, 0.4) is 0 Å². The van der Waals surface area contributed by atoms with E-state index < -0.39 is 0 Å². The summed E-state index contributed by atoms with van der Waals surface area (Å²) in [6.45, 7) is 4.10. The number of aliphatic hydroxyl groups is 1. The second-order valence-corrected chi connectivity index (χ2v) is 5.55. The number of hydrogen-bond acceptors (Lipinski definition) is 3. The van der Waals surface area contributed by atoms with Gasteiger partial charge in [0.1, 0.15) is 0 Å². The van der Waals surface area contributed by atoms with Gasteiger partial charge in [-0.2, -0.15) is 0 Å². The van der Waals surface area contributed by atoms with Gasteiger partial charge in [-0.3, -0.25) is 0 Å². The molecule has 18 heavy (non-hydrogen) atoms. The molecule has 0 unspecified atom stereocenters. The van der Waals surface area contributed by atoms with Crippen molar-refractivity contribution >= 4 is 0 Å². The maximum atomic E-state index is 9.54. The van der Waals surface area contributed by atoms with Crippen LogP contribution in [0.1, 0.15) is 38.7 Å². The fourth-order valence-corrected chi connectivity index (χ4v) is 2.07. The highest BCUT2D eigenvalue weighted by atomic mass is 16.5. The van der Waals surface area contributed by atoms with Gasteiger partial charge in [-0.1, -0.05) is 26.0 Å². The number of para-hydroxylation sites is 1. The fourth-order valence-electron chi connectivity index (χ4n) is 2.07. The van der Waals surface area contributed by atoms with Gasteiger partial charge in [0.05, 0.1) is 19.8 Å². The Morgan fingerprint density at radius 1 is 1.33 bits per heavy atom. The van der Waals surface area contributed by atoms with Gasteiger partial charge in [0, 0.05) is 11.0 Å². The molecule has 0 amide bonds. The van der Waals surface area contributed by atoms with E-state index in [2.05, 4.69) is 0 Å². The van der Waals surface area contributed by atoms with Crippen LogP contribution in [-0.4, -0.2) is 24.9 Å². The molecule has 0 spiro atoms. The molecule has 0 atom stereocenters. The van der Waals surface area contributed by atoms with Crippen LogP contribution >= 0.6 is 0 Å². The van der Waals surface area contributed by atoms with Crippen LogP contribution in [0.25, 0.3) is 0 Å². The number of rotatable bonds is 5. The summed E-state index contributed by atoms with van der Waals surface area (Å²) < 4.78 is 11.4. The van der Waals surface area contributed by atoms with Gasteiger partial charge in [-0.05, 0) is 25.3 Å². The molecule has 1 aliphatic carbocycles. The molecule has 1 aromatic carbocycles. The Balaban J connectivity index is 2.37. The summed E-state index contributed by atoms with van der Waals surface area (Å²) in [6, 6.07) is 5.86. The lowest BCUT2D eigenvalue weighted by Gasteiger charge is -2.32. The molecular formula is C15H22O3. The van der Waals surface area contributed by atoms with E-state index in [4.69, 9.17) is 9.47 Å². The maximum absolute atomic E-state index is 9.54. The van der Waals surface area contributed by atoms with E-state index in [1.165, 1.54) is 6.42 Å². The maximum Gasteiger partial charge on any atom is 0.165 e. The van der Waals surface area contributed by atoms with Crippen molar-refractivity contribution in [1.29, 1.82) is 0 Å². The topological polar surface area (TPSA) is 38.7 Å². The number of hydrogen-bond donors (Lipinski definition) is 1. The second kappa shape index (κ2) is 5.19. The van der Waals surface area contributed by atoms with Gasteiger partial charge in [0.25, 0.3) is 0 Å². The first-order valence-electron chi connectivity index (χ1n) is 6.53. The highest BCUT2D eigenvalue weighted by Gasteiger charge is 2.29. The molecule has 0 aromatic heterocycles. The molecule has 3 heteroatoms. The summed E-state index contributed by atoms with van der Waals surface area (Å²) >= 11 is 0. The van der Waals surface area contributed by atoms with Crippen LogP contribution in [0.4, 0.5) is 0 Å². The number of aliphatic hydroxyl groups excluding tert-OH is 1. The Hall–Kier alpha value is -1.22. The Kier molecular flexibility index (Phi) is 3.81. The Bertz CT molecular complexity index is 408. The van der Waals surface area contributed by atoms with Crippen molar-refractivity contribution < 1.29 is 14.6 Å². The lowest BCUT2D eigenvalue weighted by molar-refractivity contribution is 0.111. The van der Waals surface area contributed by atoms with E-state index >= 15 is 0 Å². The van der Waals surface area contributed by atoms with Crippen molar-refractivity contribution in [3.63, 3.8) is 0 Å². The molecule has 3 nitrogen and oxygen atoms in total. The van der Waals surface area contributed by atoms with E-state index in [1.54, 1.807) is 7.11 Å². The lowest BCUT2D eigenvalue weighted by Crippen LogP contribution is -2.28. The van der Waals surface area contributed by atoms with Crippen molar-refractivity contribution in [3.05, 3.63) is 23.8 Å². The molecule has 0 aliphatic heterocycles. The zero-order valence-electron chi connectivity index (χ0n) is 11.4. The van der Waals surface area contributed by atoms with Crippen molar-refractivity contribution in [3.8, 4) is 11.5 Å². The van der Waals surface area contributed by atoms with Gasteiger partial charge in [0.15, 0.2) is 11.5 Å². The summed E-state index contributed by atoms with van der Waals surface area (Å²) in [7, 11) is 1.65. The molecule has 2 rings (SSSR count). The van der Waals surface area contributed by atoms with Crippen molar-refractivity contribution in [2.24, 2.45) is 0 Å². The van der Waals surface area contributed by atoms with Crippen LogP contribution < -0.4 is 9.47 Å². The molecular weight excluding hydrogens is 228 g/mol. The van der Waals surface area contributed by atoms with Crippen LogP contribution in [0, 0.1) is 0 Å². The summed E-state index contributed by atoms with van der Waals surface area (Å²) in [5.74, 6) is 1.55. The van der Waals surface area contributed by atoms with E-state index in [-0.39, 0.29) is 12.0 Å². The van der Waals surface area contributed by atoms with E-state index in [9.17, 15) is 5.11 Å². The number of ether oxygens (including phenoxy) is 2. The predicted molar refractivity (Wildman–Crippen MR) is 71.4 cm³/mol. The number of benzene rings is 1. The highest BCUT2D eigenvalue weighted by molar-refractivity contribution is 5.50. The third-order valence-corrected chi connectivity index (χ3v) is 3.66. The monoisotopic (exact) mass is 250 g/mol. The highest BCUT2D eigenvalue weighted by Crippen LogP contribution is 2.40. The molecule has 0 radical (unpaired) electrons. The quantitative estimate of drug-likeness (QED) is 0.873. The third-order valence-electron chi connectivity index (χ3n) is 3.66. The Morgan fingerprint density at radius 3 is 2.56 bits per heavy atom. The van der Waals surface area contributed by atoms with Gasteiger partial charge in [-0.15, -0.1) is 0 Å². The standard InChI is InChI=1S/C15H22O3/c1-15(2,10-16)12-8-5-9-13(17-3)14(12)18-11-6-4-7-11/h5,8-9,11,16H,4,6-7,10H2,1-3H3. The molecule has 1 saturated carbocycles. The summed E-state index contributed by atoms with van der Waals surface area (Å²) in [5, 5.41) is 9.54. The minimum absolute atomic E-state index is 0.0845. The van der Waals surface area contributed by atoms with E-state index in [0.717, 1.165) is 29.9 Å². The van der Waals surface area contributed by atoms with Crippen LogP contribution in [-0.2, 0) is 5.41 Å². The zero-order valence-corrected chi connectivity index (χ0v) is 11.4. The van der Waals surface area contributed by atoms with Gasteiger partial charge >= 0.3 is 0 Å². The van der Waals surface area contributed by atoms with Crippen LogP contribution in [0.5, 0.6) is 11.5 Å². The fraction of sp³-hybridized carbons (Fsp3) is 0.600. The third kappa shape index (κ3) is 2.46. The minimum Gasteiger partial charge on any atom is -0.493 e. The number of methoxy groups -OCH3 is 1. The normalized spacial score (nSPS) is 16.2. The first-order valence-corrected chi connectivity index (χ1v) is 6.53. The van der Waals surface area contributed by atoms with Crippen LogP contribution in [0.15, 0.2) is 18.2 Å². The van der Waals surface area contributed by atoms with Crippen molar-refractivity contribution in [2.75, 3.05) is 13.7 Å². The SMILES string of the molecule is COc1cccc(C(C)(C)CO)c1OC1CCC1. The lowest BCUT2D eigenvalue weighted by atomic mass is 9.84. The second-order valence-electron chi connectivity index (χ2n) is 5.55. The molecule has 1 N–H and O–H groups in total. The van der Waals surface area contributed by atoms with E-state index in [0.29, 0.717) is 6.10 Å². The van der Waals surface area contributed by atoms with Crippen molar-refractivity contribution in [2.45, 2.75) is 44.6 Å². The Morgan fingerprint density at radius 2 is 2.06 bits per heavy atom. The van der Waals surface area contributed by atoms with Crippen molar-refractivity contribution in [1.82, 2.24) is 0 Å². The van der Waals surface area contributed by atoms with Crippen LogP contribution in [0.2, 0.25) is 0 Å². The largest absolute Gasteiger partial charge is 0.493 e. The summed E-state index contributed by atoms with van der Waals surface area (Å²) in [6.07, 6.45) is 3.75. The molecule has 1 fully saturated rings. The molecule has 0 heterocycles. The Labute approximate surface area is 109 Å². The first kappa shape index (κ1) is 13.2. The minimum atomic E-state index is -0.326. The smallest absolute Gasteiger partial charge is 0.165 e. The summed E-state index contributed by atoms with van der Waals surface area (Å²) in [5.41, 5.74) is 0.685. The molecule has 100 valence electrons. The molecule has 0 bridgehead atoms. The molecule has 1 aromatic rings. The average molecular weight is 250 g/mol. The van der Waals surface area contributed by atoms with E-state index in [1.807, 2.05) is 32.0 Å². The summed E-state index contributed by atoms with van der Waals surface area (Å²) in [4.78, 5) is 0. The molecule has 0 saturated heterocycles. The first-order chi connectivity index (χ1) is 8.58. The average Bonchev–Trinajstić information content (AvgIpc) is 2.33. The zero-order chi connectivity index (χ0) is 13.2. The van der Waals surface area contributed by atoms with Gasteiger partial charge < -0.3 is 14.6 Å². The molecule has 1 aliphatic rings. The van der Waals surface area contributed by atoms with Gasteiger partial charge in [0.2, 0.25) is 0 Å². The van der Waals surface area contributed by atoms with Gasteiger partial charge in [-0.25, -0.2) is 0 Å².